The Kier molecular flexibility index (Phi) is 8.57. The number of benzene rings is 3. The third kappa shape index (κ3) is 7.09. The molecule has 0 atom stereocenters. The summed E-state index contributed by atoms with van der Waals surface area (Å²) < 4.78 is 32.4. The summed E-state index contributed by atoms with van der Waals surface area (Å²) in [7, 11) is -3.50. The second-order valence-electron chi connectivity index (χ2n) is 9.05. The van der Waals surface area contributed by atoms with Gasteiger partial charge in [-0.15, -0.1) is 0 Å². The van der Waals surface area contributed by atoms with Gasteiger partial charge in [-0.1, -0.05) is 61.9 Å². The zero-order chi connectivity index (χ0) is 25.6. The minimum atomic E-state index is -3.50. The Labute approximate surface area is 209 Å². The molecule has 3 aromatic carbocycles. The zero-order valence-electron chi connectivity index (χ0n) is 21.0. The van der Waals surface area contributed by atoms with E-state index in [4.69, 9.17) is 4.74 Å². The molecule has 0 fully saturated rings. The van der Waals surface area contributed by atoms with Gasteiger partial charge in [-0.25, -0.2) is 8.42 Å². The number of carbonyl (C=O) groups is 1. The van der Waals surface area contributed by atoms with Gasteiger partial charge in [0.05, 0.1) is 25.0 Å². The lowest BCUT2D eigenvalue weighted by molar-refractivity contribution is 0.0947. The van der Waals surface area contributed by atoms with Crippen molar-refractivity contribution >= 4 is 21.6 Å². The average molecular weight is 495 g/mol. The highest BCUT2D eigenvalue weighted by Crippen LogP contribution is 2.30. The lowest BCUT2D eigenvalue weighted by Crippen LogP contribution is -2.30. The van der Waals surface area contributed by atoms with E-state index >= 15 is 0 Å². The van der Waals surface area contributed by atoms with Crippen LogP contribution in [0.3, 0.4) is 0 Å². The number of anilines is 1. The summed E-state index contributed by atoms with van der Waals surface area (Å²) in [4.78, 5) is 12.5. The van der Waals surface area contributed by atoms with E-state index in [9.17, 15) is 13.2 Å². The van der Waals surface area contributed by atoms with E-state index in [0.717, 1.165) is 22.4 Å². The fraction of sp³-hybridized carbons (Fsp3) is 0.321. The van der Waals surface area contributed by atoms with Crippen LogP contribution in [0, 0.1) is 13.8 Å². The summed E-state index contributed by atoms with van der Waals surface area (Å²) in [5.41, 5.74) is 5.19. The van der Waals surface area contributed by atoms with Crippen LogP contribution < -0.4 is 14.4 Å². The Morgan fingerprint density at radius 2 is 1.69 bits per heavy atom. The first-order valence-corrected chi connectivity index (χ1v) is 13.5. The number of nitrogens with one attached hydrogen (secondary N) is 1. The summed E-state index contributed by atoms with van der Waals surface area (Å²) in [5.74, 6) is 0.787. The van der Waals surface area contributed by atoms with Crippen molar-refractivity contribution in [3.8, 4) is 5.75 Å². The molecule has 1 amide bonds. The van der Waals surface area contributed by atoms with E-state index < -0.39 is 10.0 Å². The summed E-state index contributed by atoms with van der Waals surface area (Å²) in [5, 5.41) is 2.86. The molecule has 0 aliphatic carbocycles. The fourth-order valence-corrected chi connectivity index (χ4v) is 4.81. The molecule has 0 radical (unpaired) electrons. The van der Waals surface area contributed by atoms with Crippen LogP contribution in [-0.4, -0.2) is 33.7 Å². The third-order valence-electron chi connectivity index (χ3n) is 5.75. The van der Waals surface area contributed by atoms with Crippen molar-refractivity contribution in [2.45, 2.75) is 40.2 Å². The van der Waals surface area contributed by atoms with Crippen molar-refractivity contribution in [2.75, 3.05) is 23.7 Å². The van der Waals surface area contributed by atoms with Gasteiger partial charge in [-0.3, -0.25) is 9.10 Å². The summed E-state index contributed by atoms with van der Waals surface area (Å²) in [6.45, 7) is 9.04. The molecule has 0 spiro atoms. The van der Waals surface area contributed by atoms with Crippen LogP contribution in [-0.2, 0) is 16.6 Å². The van der Waals surface area contributed by atoms with Gasteiger partial charge in [0.25, 0.3) is 5.91 Å². The molecule has 186 valence electrons. The highest BCUT2D eigenvalue weighted by molar-refractivity contribution is 7.92. The Balaban J connectivity index is 1.62. The molecule has 0 saturated heterocycles. The standard InChI is InChI=1S/C28H34N2O4S/c1-20(2)25-8-6-7-9-26(25)30(35(5,32)33)19-23-11-13-24(14-12-23)28(31)29-16-17-34-27-15-10-21(3)18-22(27)4/h6-15,18,20H,16-17,19H2,1-5H3,(H,29,31). The van der Waals surface area contributed by atoms with Gasteiger partial charge in [-0.2, -0.15) is 0 Å². The third-order valence-corrected chi connectivity index (χ3v) is 6.87. The number of carbonyl (C=O) groups excluding carboxylic acids is 1. The monoisotopic (exact) mass is 494 g/mol. The van der Waals surface area contributed by atoms with E-state index in [0.29, 0.717) is 24.4 Å². The summed E-state index contributed by atoms with van der Waals surface area (Å²) in [6, 6.07) is 20.5. The Hall–Kier alpha value is -3.32. The van der Waals surface area contributed by atoms with Crippen LogP contribution in [0.2, 0.25) is 0 Å². The molecule has 35 heavy (non-hydrogen) atoms. The van der Waals surface area contributed by atoms with Crippen molar-refractivity contribution in [3.63, 3.8) is 0 Å². The lowest BCUT2D eigenvalue weighted by atomic mass is 10.0. The maximum atomic E-state index is 12.6. The molecule has 7 heteroatoms. The number of aryl methyl sites for hydroxylation is 2. The molecule has 6 nitrogen and oxygen atoms in total. The minimum absolute atomic E-state index is 0.181. The van der Waals surface area contributed by atoms with Crippen molar-refractivity contribution in [1.29, 1.82) is 0 Å². The van der Waals surface area contributed by atoms with Crippen molar-refractivity contribution < 1.29 is 17.9 Å². The topological polar surface area (TPSA) is 75.7 Å². The Morgan fingerprint density at radius 3 is 2.31 bits per heavy atom. The molecule has 0 aromatic heterocycles. The van der Waals surface area contributed by atoms with E-state index in [-0.39, 0.29) is 18.4 Å². The van der Waals surface area contributed by atoms with E-state index in [1.807, 2.05) is 64.1 Å². The van der Waals surface area contributed by atoms with Crippen molar-refractivity contribution in [2.24, 2.45) is 0 Å². The lowest BCUT2D eigenvalue weighted by Gasteiger charge is -2.26. The number of ether oxygens (including phenoxy) is 1. The number of nitrogens with zero attached hydrogens (tertiary/aromatic N) is 1. The van der Waals surface area contributed by atoms with Gasteiger partial charge in [0.2, 0.25) is 10.0 Å². The highest BCUT2D eigenvalue weighted by Gasteiger charge is 2.21. The van der Waals surface area contributed by atoms with E-state index in [1.54, 1.807) is 24.3 Å². The molecule has 1 N–H and O–H groups in total. The van der Waals surface area contributed by atoms with E-state index in [1.165, 1.54) is 16.1 Å². The quantitative estimate of drug-likeness (QED) is 0.393. The van der Waals surface area contributed by atoms with Crippen molar-refractivity contribution in [3.05, 3.63) is 94.5 Å². The van der Waals surface area contributed by atoms with Gasteiger partial charge in [0.1, 0.15) is 12.4 Å². The molecule has 0 bridgehead atoms. The molecule has 0 unspecified atom stereocenters. The number of hydrogen-bond acceptors (Lipinski definition) is 4. The first kappa shape index (κ1) is 26.3. The molecule has 3 rings (SSSR count). The number of amides is 1. The predicted octanol–water partition coefficient (Wildman–Crippen LogP) is 5.20. The number of rotatable bonds is 10. The average Bonchev–Trinajstić information content (AvgIpc) is 2.81. The van der Waals surface area contributed by atoms with Crippen LogP contribution in [0.4, 0.5) is 5.69 Å². The Bertz CT molecular complexity index is 1270. The molecular formula is C28H34N2O4S. The first-order valence-electron chi connectivity index (χ1n) is 11.7. The van der Waals surface area contributed by atoms with Gasteiger partial charge in [0.15, 0.2) is 0 Å². The SMILES string of the molecule is Cc1ccc(OCCNC(=O)c2ccc(CN(c3ccccc3C(C)C)S(C)(=O)=O)cc2)c(C)c1. The molecule has 0 heterocycles. The van der Waals surface area contributed by atoms with Crippen LogP contribution in [0.5, 0.6) is 5.75 Å². The van der Waals surface area contributed by atoms with Crippen LogP contribution >= 0.6 is 0 Å². The number of sulfonamides is 1. The Morgan fingerprint density at radius 1 is 1.00 bits per heavy atom. The fourth-order valence-electron chi connectivity index (χ4n) is 3.90. The summed E-state index contributed by atoms with van der Waals surface area (Å²) >= 11 is 0. The maximum absolute atomic E-state index is 12.6. The minimum Gasteiger partial charge on any atom is -0.491 e. The largest absolute Gasteiger partial charge is 0.491 e. The first-order chi connectivity index (χ1) is 16.6. The molecule has 3 aromatic rings. The van der Waals surface area contributed by atoms with Gasteiger partial charge in [0, 0.05) is 5.56 Å². The second kappa shape index (κ2) is 11.4. The molecular weight excluding hydrogens is 460 g/mol. The maximum Gasteiger partial charge on any atom is 0.251 e. The van der Waals surface area contributed by atoms with Crippen molar-refractivity contribution in [1.82, 2.24) is 5.32 Å². The normalized spacial score (nSPS) is 11.4. The zero-order valence-corrected chi connectivity index (χ0v) is 21.9. The second-order valence-corrected chi connectivity index (χ2v) is 11.0. The smallest absolute Gasteiger partial charge is 0.251 e. The molecule has 0 aliphatic rings. The van der Waals surface area contributed by atoms with Crippen LogP contribution in [0.25, 0.3) is 0 Å². The van der Waals surface area contributed by atoms with Gasteiger partial charge in [-0.05, 0) is 60.7 Å². The number of para-hydroxylation sites is 1. The van der Waals surface area contributed by atoms with E-state index in [2.05, 4.69) is 11.4 Å². The predicted molar refractivity (Wildman–Crippen MR) is 142 cm³/mol. The van der Waals surface area contributed by atoms with Crippen LogP contribution in [0.15, 0.2) is 66.7 Å². The van der Waals surface area contributed by atoms with Gasteiger partial charge < -0.3 is 10.1 Å². The summed E-state index contributed by atoms with van der Waals surface area (Å²) in [6.07, 6.45) is 1.21. The van der Waals surface area contributed by atoms with Crippen LogP contribution in [0.1, 0.15) is 52.4 Å². The molecule has 0 aliphatic heterocycles. The number of hydrogen-bond donors (Lipinski definition) is 1. The molecule has 0 saturated carbocycles. The van der Waals surface area contributed by atoms with Gasteiger partial charge >= 0.3 is 0 Å². The highest BCUT2D eigenvalue weighted by atomic mass is 32.2.